The van der Waals surface area contributed by atoms with Gasteiger partial charge in [-0.05, 0) is 54.0 Å². The molecule has 36 heavy (non-hydrogen) atoms. The summed E-state index contributed by atoms with van der Waals surface area (Å²) in [5.41, 5.74) is 3.91. The average Bonchev–Trinajstić information content (AvgIpc) is 3.27. The molecule has 0 spiro atoms. The zero-order valence-electron chi connectivity index (χ0n) is 19.6. The number of ether oxygens (including phenoxy) is 1. The highest BCUT2D eigenvalue weighted by molar-refractivity contribution is 6.01. The topological polar surface area (TPSA) is 109 Å². The van der Waals surface area contributed by atoms with E-state index < -0.39 is 17.9 Å². The van der Waals surface area contributed by atoms with Crippen molar-refractivity contribution in [3.63, 3.8) is 0 Å². The highest BCUT2D eigenvalue weighted by atomic mass is 19.1. The molecule has 1 amide bonds. The van der Waals surface area contributed by atoms with Gasteiger partial charge in [0.15, 0.2) is 0 Å². The van der Waals surface area contributed by atoms with Gasteiger partial charge in [-0.25, -0.2) is 9.18 Å². The summed E-state index contributed by atoms with van der Waals surface area (Å²) in [5.74, 6) is -1.55. The summed E-state index contributed by atoms with van der Waals surface area (Å²) < 4.78 is 24.6. The fraction of sp³-hybridized carbons (Fsp3) is 0.143. The van der Waals surface area contributed by atoms with Gasteiger partial charge in [0, 0.05) is 35.1 Å². The Kier molecular flexibility index (Phi) is 7.05. The predicted molar refractivity (Wildman–Crippen MR) is 133 cm³/mol. The number of benzene rings is 3. The first kappa shape index (κ1) is 24.5. The van der Waals surface area contributed by atoms with Crippen molar-refractivity contribution in [3.05, 3.63) is 89.9 Å². The maximum absolute atomic E-state index is 13.4. The number of carboxylic acids is 1. The minimum Gasteiger partial charge on any atom is -0.508 e. The van der Waals surface area contributed by atoms with E-state index in [4.69, 9.17) is 9.15 Å². The lowest BCUT2D eigenvalue weighted by Gasteiger charge is -2.14. The van der Waals surface area contributed by atoms with Gasteiger partial charge in [-0.15, -0.1) is 0 Å². The second kappa shape index (κ2) is 10.4. The van der Waals surface area contributed by atoms with Gasteiger partial charge in [-0.3, -0.25) is 4.79 Å². The number of hydrogen-bond donors (Lipinski definition) is 3. The Morgan fingerprint density at radius 1 is 1.11 bits per heavy atom. The number of amides is 1. The standard InChI is InChI=1S/C28H24FNO6/c1-16(11-27(32)30-24(28(33)34)12-17-3-9-20(31)10-4-17)21-13-22-23(18-5-7-19(29)8-6-18)15-36-26(22)14-25(21)35-2/h3-11,13-15,24,31H,12H2,1-2H3,(H,30,32)(H,33,34)/b16-11+. The first-order valence-electron chi connectivity index (χ1n) is 11.1. The fourth-order valence-electron chi connectivity index (χ4n) is 3.94. The van der Waals surface area contributed by atoms with E-state index in [0.29, 0.717) is 28.0 Å². The lowest BCUT2D eigenvalue weighted by molar-refractivity contribution is -0.141. The molecule has 0 radical (unpaired) electrons. The van der Waals surface area contributed by atoms with Crippen LogP contribution < -0.4 is 10.1 Å². The second-order valence-electron chi connectivity index (χ2n) is 8.30. The molecular formula is C28H24FNO6. The molecule has 0 aliphatic heterocycles. The number of allylic oxidation sites excluding steroid dienone is 1. The SMILES string of the molecule is COc1cc2occ(-c3ccc(F)cc3)c2cc1/C(C)=C/C(=O)NC(Cc1ccc(O)cc1)C(=O)O. The van der Waals surface area contributed by atoms with Crippen LogP contribution in [0.5, 0.6) is 11.5 Å². The van der Waals surface area contributed by atoms with Gasteiger partial charge in [0.1, 0.15) is 28.9 Å². The first-order valence-corrected chi connectivity index (χ1v) is 11.1. The summed E-state index contributed by atoms with van der Waals surface area (Å²) >= 11 is 0. The van der Waals surface area contributed by atoms with Crippen molar-refractivity contribution in [2.24, 2.45) is 0 Å². The Labute approximate surface area is 206 Å². The predicted octanol–water partition coefficient (Wildman–Crippen LogP) is 5.17. The van der Waals surface area contributed by atoms with Crippen LogP contribution in [0.2, 0.25) is 0 Å². The number of carboxylic acid groups (broad SMARTS) is 1. The highest BCUT2D eigenvalue weighted by Gasteiger charge is 2.21. The van der Waals surface area contributed by atoms with Crippen LogP contribution in [-0.2, 0) is 16.0 Å². The molecule has 1 heterocycles. The summed E-state index contributed by atoms with van der Waals surface area (Å²) in [6, 6.07) is 14.5. The fourth-order valence-corrected chi connectivity index (χ4v) is 3.94. The van der Waals surface area contributed by atoms with Gasteiger partial charge in [-0.2, -0.15) is 0 Å². The number of furan rings is 1. The number of hydrogen-bond acceptors (Lipinski definition) is 5. The maximum Gasteiger partial charge on any atom is 0.326 e. The molecule has 0 bridgehead atoms. The van der Waals surface area contributed by atoms with E-state index in [1.54, 1.807) is 43.5 Å². The Hall–Kier alpha value is -4.59. The van der Waals surface area contributed by atoms with Gasteiger partial charge in [0.2, 0.25) is 5.91 Å². The molecule has 0 aliphatic carbocycles. The molecule has 0 saturated heterocycles. The Morgan fingerprint density at radius 3 is 2.44 bits per heavy atom. The Morgan fingerprint density at radius 2 is 1.81 bits per heavy atom. The quantitative estimate of drug-likeness (QED) is 0.295. The highest BCUT2D eigenvalue weighted by Crippen LogP contribution is 2.37. The van der Waals surface area contributed by atoms with E-state index in [1.165, 1.54) is 37.5 Å². The van der Waals surface area contributed by atoms with Crippen molar-refractivity contribution >= 4 is 28.4 Å². The minimum atomic E-state index is -1.18. The third kappa shape index (κ3) is 5.38. The molecular weight excluding hydrogens is 465 g/mol. The molecule has 1 aromatic heterocycles. The number of rotatable bonds is 8. The maximum atomic E-state index is 13.4. The molecule has 7 nitrogen and oxygen atoms in total. The van der Waals surface area contributed by atoms with Crippen LogP contribution >= 0.6 is 0 Å². The number of aliphatic carboxylic acids is 1. The van der Waals surface area contributed by atoms with E-state index in [1.807, 2.05) is 6.07 Å². The summed E-state index contributed by atoms with van der Waals surface area (Å²) in [6.45, 7) is 1.72. The van der Waals surface area contributed by atoms with Crippen molar-refractivity contribution in [1.29, 1.82) is 0 Å². The van der Waals surface area contributed by atoms with Crippen molar-refractivity contribution in [2.75, 3.05) is 7.11 Å². The first-order chi connectivity index (χ1) is 17.2. The molecule has 184 valence electrons. The van der Waals surface area contributed by atoms with Crippen LogP contribution in [0.25, 0.3) is 27.7 Å². The monoisotopic (exact) mass is 489 g/mol. The van der Waals surface area contributed by atoms with E-state index in [-0.39, 0.29) is 18.0 Å². The third-order valence-corrected chi connectivity index (χ3v) is 5.81. The van der Waals surface area contributed by atoms with E-state index >= 15 is 0 Å². The molecule has 8 heteroatoms. The molecule has 1 atom stereocenters. The summed E-state index contributed by atoms with van der Waals surface area (Å²) in [5, 5.41) is 22.3. The Balaban J connectivity index is 1.61. The molecule has 4 rings (SSSR count). The molecule has 4 aromatic rings. The number of carbonyl (C=O) groups excluding carboxylic acids is 1. The number of carbonyl (C=O) groups is 2. The largest absolute Gasteiger partial charge is 0.508 e. The second-order valence-corrected chi connectivity index (χ2v) is 8.30. The molecule has 0 saturated carbocycles. The molecule has 0 aliphatic rings. The van der Waals surface area contributed by atoms with Gasteiger partial charge in [-0.1, -0.05) is 24.3 Å². The number of aromatic hydroxyl groups is 1. The van der Waals surface area contributed by atoms with Crippen LogP contribution in [0.3, 0.4) is 0 Å². The van der Waals surface area contributed by atoms with Crippen LogP contribution in [0.1, 0.15) is 18.1 Å². The smallest absolute Gasteiger partial charge is 0.326 e. The lowest BCUT2D eigenvalue weighted by atomic mass is 9.99. The van der Waals surface area contributed by atoms with Crippen molar-refractivity contribution in [1.82, 2.24) is 5.32 Å². The summed E-state index contributed by atoms with van der Waals surface area (Å²) in [4.78, 5) is 24.5. The zero-order chi connectivity index (χ0) is 25.8. The Bertz CT molecular complexity index is 1440. The van der Waals surface area contributed by atoms with Crippen molar-refractivity contribution < 1.29 is 33.3 Å². The van der Waals surface area contributed by atoms with Gasteiger partial charge < -0.3 is 24.7 Å². The normalized spacial score (nSPS) is 12.4. The summed E-state index contributed by atoms with van der Waals surface area (Å²) in [7, 11) is 1.50. The van der Waals surface area contributed by atoms with Crippen LogP contribution in [-0.4, -0.2) is 35.2 Å². The van der Waals surface area contributed by atoms with Crippen molar-refractivity contribution in [3.8, 4) is 22.6 Å². The van der Waals surface area contributed by atoms with E-state index in [2.05, 4.69) is 5.32 Å². The van der Waals surface area contributed by atoms with Crippen LogP contribution in [0, 0.1) is 5.82 Å². The van der Waals surface area contributed by atoms with E-state index in [9.17, 15) is 24.2 Å². The molecule has 0 fully saturated rings. The van der Waals surface area contributed by atoms with E-state index in [0.717, 1.165) is 16.5 Å². The van der Waals surface area contributed by atoms with Crippen LogP contribution in [0.4, 0.5) is 4.39 Å². The molecule has 3 N–H and O–H groups in total. The molecule has 1 unspecified atom stereocenters. The van der Waals surface area contributed by atoms with Crippen molar-refractivity contribution in [2.45, 2.75) is 19.4 Å². The average molecular weight is 489 g/mol. The lowest BCUT2D eigenvalue weighted by Crippen LogP contribution is -2.41. The van der Waals surface area contributed by atoms with Gasteiger partial charge in [0.05, 0.1) is 13.4 Å². The number of phenolic OH excluding ortho intramolecular Hbond substituents is 1. The summed E-state index contributed by atoms with van der Waals surface area (Å²) in [6.07, 6.45) is 2.95. The van der Waals surface area contributed by atoms with Crippen LogP contribution in [0.15, 0.2) is 77.4 Å². The number of fused-ring (bicyclic) bond motifs is 1. The van der Waals surface area contributed by atoms with Gasteiger partial charge in [0.25, 0.3) is 0 Å². The van der Waals surface area contributed by atoms with Gasteiger partial charge >= 0.3 is 5.97 Å². The minimum absolute atomic E-state index is 0.0551. The third-order valence-electron chi connectivity index (χ3n) is 5.81. The molecule has 3 aromatic carbocycles. The number of halogens is 1. The number of methoxy groups -OCH3 is 1. The number of phenols is 1. The zero-order valence-corrected chi connectivity index (χ0v) is 19.6. The number of nitrogens with one attached hydrogen (secondary N) is 1.